The molecular weight excluding hydrogens is 387 g/mol. The predicted octanol–water partition coefficient (Wildman–Crippen LogP) is 3.55. The van der Waals surface area contributed by atoms with E-state index in [1.165, 1.54) is 16.8 Å². The predicted molar refractivity (Wildman–Crippen MR) is 99.0 cm³/mol. The van der Waals surface area contributed by atoms with Gasteiger partial charge >= 0.3 is 6.18 Å². The molecule has 3 aromatic rings. The number of nitrogens with zero attached hydrogens (tertiary/aromatic N) is 4. The number of hydrogen-bond donors (Lipinski definition) is 1. The minimum absolute atomic E-state index is 0.127. The fourth-order valence-electron chi connectivity index (χ4n) is 2.84. The minimum atomic E-state index is -4.39. The first-order chi connectivity index (χ1) is 13.8. The molecule has 2 aromatic carbocycles. The molecule has 1 aromatic heterocycles. The Morgan fingerprint density at radius 3 is 2.41 bits per heavy atom. The molecule has 0 saturated heterocycles. The Morgan fingerprint density at radius 2 is 1.79 bits per heavy atom. The molecule has 0 amide bonds. The molecule has 1 unspecified atom stereocenters. The van der Waals surface area contributed by atoms with Gasteiger partial charge in [-0.05, 0) is 59.8 Å². The summed E-state index contributed by atoms with van der Waals surface area (Å²) in [6.45, 7) is 2.24. The Balaban J connectivity index is 1.76. The molecule has 0 aliphatic carbocycles. The average Bonchev–Trinajstić information content (AvgIpc) is 3.19. The lowest BCUT2D eigenvalue weighted by atomic mass is 10.1. The number of benzene rings is 2. The summed E-state index contributed by atoms with van der Waals surface area (Å²) in [4.78, 5) is 0. The lowest BCUT2D eigenvalue weighted by Gasteiger charge is -2.18. The van der Waals surface area contributed by atoms with Crippen molar-refractivity contribution in [2.75, 3.05) is 14.2 Å². The molecule has 154 valence electrons. The first-order valence-corrected chi connectivity index (χ1v) is 8.73. The van der Waals surface area contributed by atoms with Crippen molar-refractivity contribution >= 4 is 0 Å². The van der Waals surface area contributed by atoms with E-state index < -0.39 is 11.7 Å². The van der Waals surface area contributed by atoms with Crippen LogP contribution in [0.15, 0.2) is 42.5 Å². The Bertz CT molecular complexity index is 957. The van der Waals surface area contributed by atoms with Crippen LogP contribution in [0.4, 0.5) is 13.2 Å². The second-order valence-corrected chi connectivity index (χ2v) is 6.26. The summed E-state index contributed by atoms with van der Waals surface area (Å²) in [5.74, 6) is 1.86. The van der Waals surface area contributed by atoms with E-state index in [2.05, 4.69) is 20.8 Å². The molecule has 10 heteroatoms. The number of methoxy groups -OCH3 is 2. The Hall–Kier alpha value is -3.14. The zero-order chi connectivity index (χ0) is 21.0. The molecule has 3 rings (SSSR count). The summed E-state index contributed by atoms with van der Waals surface area (Å²) in [5.41, 5.74) is 0.597. The molecule has 1 heterocycles. The molecule has 1 atom stereocenters. The summed E-state index contributed by atoms with van der Waals surface area (Å²) in [5, 5.41) is 14.8. The van der Waals surface area contributed by atoms with E-state index >= 15 is 0 Å². The summed E-state index contributed by atoms with van der Waals surface area (Å²) >= 11 is 0. The monoisotopic (exact) mass is 407 g/mol. The molecule has 0 bridgehead atoms. The third kappa shape index (κ3) is 4.65. The third-order valence-corrected chi connectivity index (χ3v) is 4.44. The topological polar surface area (TPSA) is 74.1 Å². The molecule has 0 saturated carbocycles. The second-order valence-electron chi connectivity index (χ2n) is 6.26. The van der Waals surface area contributed by atoms with Crippen LogP contribution in [-0.4, -0.2) is 34.4 Å². The highest BCUT2D eigenvalue weighted by molar-refractivity contribution is 5.42. The number of hydrogen-bond acceptors (Lipinski definition) is 6. The molecule has 0 fully saturated rings. The molecule has 0 radical (unpaired) electrons. The lowest BCUT2D eigenvalue weighted by Crippen LogP contribution is -2.21. The summed E-state index contributed by atoms with van der Waals surface area (Å²) < 4.78 is 50.3. The summed E-state index contributed by atoms with van der Waals surface area (Å²) in [6, 6.07) is 10.0. The Morgan fingerprint density at radius 1 is 1.07 bits per heavy atom. The van der Waals surface area contributed by atoms with Crippen LogP contribution in [-0.2, 0) is 12.7 Å². The normalized spacial score (nSPS) is 12.6. The van der Waals surface area contributed by atoms with Gasteiger partial charge in [-0.1, -0.05) is 0 Å². The van der Waals surface area contributed by atoms with Crippen LogP contribution in [0.5, 0.6) is 11.5 Å². The zero-order valence-electron chi connectivity index (χ0n) is 16.1. The highest BCUT2D eigenvalue weighted by atomic mass is 19.4. The van der Waals surface area contributed by atoms with Gasteiger partial charge in [-0.2, -0.15) is 17.9 Å². The number of ether oxygens (including phenoxy) is 2. The van der Waals surface area contributed by atoms with Gasteiger partial charge in [0.1, 0.15) is 11.5 Å². The van der Waals surface area contributed by atoms with Crippen LogP contribution in [0.3, 0.4) is 0 Å². The first kappa shape index (κ1) is 20.6. The van der Waals surface area contributed by atoms with E-state index in [1.807, 2.05) is 19.1 Å². The van der Waals surface area contributed by atoms with Crippen LogP contribution in [0.25, 0.3) is 5.69 Å². The van der Waals surface area contributed by atoms with Crippen molar-refractivity contribution in [3.63, 3.8) is 0 Å². The minimum Gasteiger partial charge on any atom is -0.497 e. The van der Waals surface area contributed by atoms with Gasteiger partial charge in [-0.25, -0.2) is 0 Å². The first-order valence-electron chi connectivity index (χ1n) is 8.73. The van der Waals surface area contributed by atoms with Crippen molar-refractivity contribution in [3.8, 4) is 17.2 Å². The average molecular weight is 407 g/mol. The third-order valence-electron chi connectivity index (χ3n) is 4.44. The van der Waals surface area contributed by atoms with Crippen molar-refractivity contribution in [2.45, 2.75) is 25.7 Å². The van der Waals surface area contributed by atoms with Gasteiger partial charge < -0.3 is 14.8 Å². The van der Waals surface area contributed by atoms with Gasteiger partial charge in [0.25, 0.3) is 0 Å². The Kier molecular flexibility index (Phi) is 6.02. The maximum atomic E-state index is 12.8. The number of aromatic nitrogens is 4. The Labute approximate surface area is 165 Å². The smallest absolute Gasteiger partial charge is 0.416 e. The van der Waals surface area contributed by atoms with Crippen molar-refractivity contribution in [2.24, 2.45) is 0 Å². The number of halogens is 3. The largest absolute Gasteiger partial charge is 0.497 e. The summed E-state index contributed by atoms with van der Waals surface area (Å²) in [7, 11) is 3.17. The molecular formula is C19H20F3N5O2. The maximum Gasteiger partial charge on any atom is 0.416 e. The van der Waals surface area contributed by atoms with Crippen LogP contribution < -0.4 is 14.8 Å². The highest BCUT2D eigenvalue weighted by Gasteiger charge is 2.30. The summed E-state index contributed by atoms with van der Waals surface area (Å²) in [6.07, 6.45) is -4.39. The fourth-order valence-corrected chi connectivity index (χ4v) is 2.84. The molecule has 0 aliphatic heterocycles. The molecule has 1 N–H and O–H groups in total. The van der Waals surface area contributed by atoms with E-state index in [0.717, 1.165) is 17.7 Å². The van der Waals surface area contributed by atoms with E-state index in [9.17, 15) is 13.2 Å². The lowest BCUT2D eigenvalue weighted by molar-refractivity contribution is -0.137. The van der Waals surface area contributed by atoms with Gasteiger partial charge in [-0.3, -0.25) is 0 Å². The van der Waals surface area contributed by atoms with Crippen LogP contribution >= 0.6 is 0 Å². The van der Waals surface area contributed by atoms with E-state index in [0.29, 0.717) is 23.0 Å². The highest BCUT2D eigenvalue weighted by Crippen LogP contribution is 2.30. The van der Waals surface area contributed by atoms with Crippen molar-refractivity contribution in [3.05, 3.63) is 59.4 Å². The van der Waals surface area contributed by atoms with Gasteiger partial charge in [0.05, 0.1) is 32.0 Å². The SMILES string of the molecule is COc1ccc(OC)c(C(C)NCc2nnnn2-c2ccc(C(F)(F)F)cc2)c1. The van der Waals surface area contributed by atoms with Gasteiger partial charge in [-0.15, -0.1) is 5.10 Å². The molecule has 7 nitrogen and oxygen atoms in total. The maximum absolute atomic E-state index is 12.8. The number of alkyl halides is 3. The quantitative estimate of drug-likeness (QED) is 0.646. The number of tetrazole rings is 1. The molecule has 0 aliphatic rings. The van der Waals surface area contributed by atoms with Crippen molar-refractivity contribution < 1.29 is 22.6 Å². The van der Waals surface area contributed by atoms with Crippen molar-refractivity contribution in [1.29, 1.82) is 0 Å². The van der Waals surface area contributed by atoms with E-state index in [4.69, 9.17) is 9.47 Å². The van der Waals surface area contributed by atoms with Gasteiger partial charge in [0.2, 0.25) is 0 Å². The zero-order valence-corrected chi connectivity index (χ0v) is 16.1. The van der Waals surface area contributed by atoms with Gasteiger partial charge in [0.15, 0.2) is 5.82 Å². The van der Waals surface area contributed by atoms with Crippen LogP contribution in [0.2, 0.25) is 0 Å². The van der Waals surface area contributed by atoms with E-state index in [-0.39, 0.29) is 12.6 Å². The van der Waals surface area contributed by atoms with E-state index in [1.54, 1.807) is 20.3 Å². The number of nitrogens with one attached hydrogen (secondary N) is 1. The van der Waals surface area contributed by atoms with Crippen LogP contribution in [0.1, 0.15) is 29.9 Å². The van der Waals surface area contributed by atoms with Crippen LogP contribution in [0, 0.1) is 0 Å². The molecule has 0 spiro atoms. The number of rotatable bonds is 7. The molecule has 29 heavy (non-hydrogen) atoms. The van der Waals surface area contributed by atoms with Gasteiger partial charge in [0, 0.05) is 11.6 Å². The standard InChI is InChI=1S/C19H20F3N5O2/c1-12(16-10-15(28-2)8-9-17(16)29-3)23-11-18-24-25-26-27(18)14-6-4-13(5-7-14)19(20,21)22/h4-10,12,23H,11H2,1-3H3. The second kappa shape index (κ2) is 8.48. The fraction of sp³-hybridized carbons (Fsp3) is 0.316. The van der Waals surface area contributed by atoms with Crippen molar-refractivity contribution in [1.82, 2.24) is 25.5 Å².